The van der Waals surface area contributed by atoms with E-state index in [4.69, 9.17) is 15.2 Å². The second kappa shape index (κ2) is 5.36. The lowest BCUT2D eigenvalue weighted by molar-refractivity contribution is -0.668. The molecule has 0 bridgehead atoms. The van der Waals surface area contributed by atoms with E-state index in [1.165, 1.54) is 0 Å². The Bertz CT molecular complexity index is 451. The Balaban J connectivity index is 2.43. The minimum absolute atomic E-state index is 0.0762. The highest BCUT2D eigenvalue weighted by Crippen LogP contribution is 2.41. The number of ether oxygens (including phenoxy) is 2. The Labute approximate surface area is 113 Å². The van der Waals surface area contributed by atoms with Gasteiger partial charge in [-0.3, -0.25) is 5.73 Å². The molecule has 0 saturated carbocycles. The van der Waals surface area contributed by atoms with E-state index in [1.807, 2.05) is 37.3 Å². The summed E-state index contributed by atoms with van der Waals surface area (Å²) in [4.78, 5) is 12.4. The van der Waals surface area contributed by atoms with Crippen molar-refractivity contribution >= 4 is 0 Å². The fraction of sp³-hybridized carbons (Fsp3) is 0.571. The van der Waals surface area contributed by atoms with Crippen LogP contribution in [-0.4, -0.2) is 30.9 Å². The summed E-state index contributed by atoms with van der Waals surface area (Å²) in [7, 11) is 1.54. The maximum Gasteiger partial charge on any atom is 0.274 e. The summed E-state index contributed by atoms with van der Waals surface area (Å²) in [6.45, 7) is 2.37. The molecule has 0 unspecified atom stereocenters. The number of methoxy groups -OCH3 is 1. The Morgan fingerprint density at radius 1 is 1.37 bits per heavy atom. The second-order valence-electron chi connectivity index (χ2n) is 5.08. The van der Waals surface area contributed by atoms with Crippen LogP contribution in [0.2, 0.25) is 0 Å². The molecular formula is C14H21N2O3+. The molecule has 1 aromatic carbocycles. The van der Waals surface area contributed by atoms with Gasteiger partial charge in [0.25, 0.3) is 5.54 Å². The first-order valence-electron chi connectivity index (χ1n) is 6.47. The normalized spacial score (nSPS) is 31.4. The first-order chi connectivity index (χ1) is 9.04. The third kappa shape index (κ3) is 2.29. The third-order valence-corrected chi connectivity index (χ3v) is 4.00. The average Bonchev–Trinajstić information content (AvgIpc) is 2.43. The van der Waals surface area contributed by atoms with Crippen LogP contribution in [0, 0.1) is 4.91 Å². The molecule has 5 heteroatoms. The van der Waals surface area contributed by atoms with Gasteiger partial charge in [0.1, 0.15) is 6.79 Å². The standard InChI is InChI=1S/C14H21N2O3/c1-13(12-7-4-3-5-8-12)14(15,19-11-18-2)9-6-10-16(13)17/h3-5,7-8H,6,9-11,15H2,1-2H3/q+1/t13-,14-/m0/s1. The molecule has 1 aromatic rings. The molecule has 1 aliphatic heterocycles. The maximum atomic E-state index is 12.4. The van der Waals surface area contributed by atoms with Gasteiger partial charge in [-0.05, 0) is 0 Å². The van der Waals surface area contributed by atoms with Gasteiger partial charge in [-0.2, -0.15) is 0 Å². The van der Waals surface area contributed by atoms with Crippen LogP contribution in [0.15, 0.2) is 30.3 Å². The predicted molar refractivity (Wildman–Crippen MR) is 71.4 cm³/mol. The van der Waals surface area contributed by atoms with Crippen LogP contribution in [-0.2, 0) is 15.0 Å². The van der Waals surface area contributed by atoms with Crippen molar-refractivity contribution in [2.45, 2.75) is 31.0 Å². The minimum Gasteiger partial charge on any atom is -0.359 e. The SMILES string of the molecule is COCO[C@@]1(N)CCC[N+](=O)[C@@]1(C)c1ccccc1. The highest BCUT2D eigenvalue weighted by Gasteiger charge is 2.61. The fourth-order valence-corrected chi connectivity index (χ4v) is 2.69. The number of piperidine rings is 1. The largest absolute Gasteiger partial charge is 0.359 e. The summed E-state index contributed by atoms with van der Waals surface area (Å²) in [5.41, 5.74) is 5.30. The smallest absolute Gasteiger partial charge is 0.274 e. The van der Waals surface area contributed by atoms with Crippen molar-refractivity contribution < 1.29 is 14.2 Å². The Morgan fingerprint density at radius 3 is 2.68 bits per heavy atom. The molecule has 2 atom stereocenters. The zero-order valence-corrected chi connectivity index (χ0v) is 11.5. The number of hydrogen-bond acceptors (Lipinski definition) is 4. The van der Waals surface area contributed by atoms with Crippen LogP contribution >= 0.6 is 0 Å². The number of hydrogen-bond donors (Lipinski definition) is 1. The Hall–Kier alpha value is -1.30. The second-order valence-corrected chi connectivity index (χ2v) is 5.08. The first kappa shape index (κ1) is 14.1. The molecule has 1 saturated heterocycles. The van der Waals surface area contributed by atoms with Crippen LogP contribution in [0.25, 0.3) is 0 Å². The zero-order valence-electron chi connectivity index (χ0n) is 11.5. The predicted octanol–water partition coefficient (Wildman–Crippen LogP) is 1.75. The topological polar surface area (TPSA) is 64.6 Å². The summed E-state index contributed by atoms with van der Waals surface area (Å²) in [5.74, 6) is 0. The molecule has 19 heavy (non-hydrogen) atoms. The highest BCUT2D eigenvalue weighted by molar-refractivity contribution is 5.25. The van der Waals surface area contributed by atoms with E-state index in [-0.39, 0.29) is 6.79 Å². The molecule has 2 N–H and O–H groups in total. The van der Waals surface area contributed by atoms with Crippen molar-refractivity contribution in [1.29, 1.82) is 0 Å². The van der Waals surface area contributed by atoms with Crippen molar-refractivity contribution in [3.05, 3.63) is 40.8 Å². The van der Waals surface area contributed by atoms with Gasteiger partial charge >= 0.3 is 0 Å². The van der Waals surface area contributed by atoms with E-state index in [2.05, 4.69) is 0 Å². The Kier molecular flexibility index (Phi) is 3.99. The zero-order chi connectivity index (χ0) is 13.9. The molecule has 104 valence electrons. The first-order valence-corrected chi connectivity index (χ1v) is 6.47. The van der Waals surface area contributed by atoms with Crippen molar-refractivity contribution in [3.63, 3.8) is 0 Å². The summed E-state index contributed by atoms with van der Waals surface area (Å²) in [6, 6.07) is 9.54. The number of nitrogens with zero attached hydrogens (tertiary/aromatic N) is 1. The van der Waals surface area contributed by atoms with Crippen LogP contribution in [0.1, 0.15) is 25.3 Å². The van der Waals surface area contributed by atoms with Gasteiger partial charge in [0.2, 0.25) is 0 Å². The lowest BCUT2D eigenvalue weighted by Crippen LogP contribution is -2.66. The summed E-state index contributed by atoms with van der Waals surface area (Å²) in [6.07, 6.45) is 1.34. The van der Waals surface area contributed by atoms with Gasteiger partial charge in [-0.25, -0.2) is 0 Å². The van der Waals surface area contributed by atoms with Gasteiger partial charge in [-0.15, -0.1) is 0 Å². The molecule has 0 spiro atoms. The summed E-state index contributed by atoms with van der Waals surface area (Å²) >= 11 is 0. The van der Waals surface area contributed by atoms with Crippen LogP contribution in [0.4, 0.5) is 0 Å². The van der Waals surface area contributed by atoms with E-state index >= 15 is 0 Å². The molecule has 2 rings (SSSR count). The van der Waals surface area contributed by atoms with Crippen molar-refractivity contribution in [2.75, 3.05) is 20.4 Å². The number of rotatable bonds is 4. The van der Waals surface area contributed by atoms with E-state index in [0.29, 0.717) is 19.4 Å². The monoisotopic (exact) mass is 265 g/mol. The molecule has 1 aliphatic rings. The maximum absolute atomic E-state index is 12.4. The molecule has 1 heterocycles. The van der Waals surface area contributed by atoms with Gasteiger partial charge in [0.15, 0.2) is 12.3 Å². The van der Waals surface area contributed by atoms with Crippen LogP contribution in [0.5, 0.6) is 0 Å². The number of benzene rings is 1. The summed E-state index contributed by atoms with van der Waals surface area (Å²) < 4.78 is 11.7. The molecule has 0 radical (unpaired) electrons. The lowest BCUT2D eigenvalue weighted by Gasteiger charge is -2.41. The molecule has 1 fully saturated rings. The Morgan fingerprint density at radius 2 is 2.05 bits per heavy atom. The van der Waals surface area contributed by atoms with E-state index in [1.54, 1.807) is 7.11 Å². The van der Waals surface area contributed by atoms with Crippen molar-refractivity contribution in [3.8, 4) is 0 Å². The van der Waals surface area contributed by atoms with E-state index < -0.39 is 11.3 Å². The fourth-order valence-electron chi connectivity index (χ4n) is 2.69. The molecule has 0 aromatic heterocycles. The highest BCUT2D eigenvalue weighted by atomic mass is 16.7. The molecule has 0 aliphatic carbocycles. The van der Waals surface area contributed by atoms with Gasteiger partial charge in [-0.1, -0.05) is 30.3 Å². The van der Waals surface area contributed by atoms with Gasteiger partial charge < -0.3 is 9.47 Å². The van der Waals surface area contributed by atoms with E-state index in [9.17, 15) is 4.91 Å². The molecule has 5 nitrogen and oxygen atoms in total. The molecule has 0 amide bonds. The number of nitrogens with two attached hydrogens (primary N) is 1. The molecular weight excluding hydrogens is 244 g/mol. The van der Waals surface area contributed by atoms with Crippen LogP contribution < -0.4 is 5.73 Å². The minimum atomic E-state index is -1.05. The third-order valence-electron chi connectivity index (χ3n) is 4.00. The van der Waals surface area contributed by atoms with Crippen molar-refractivity contribution in [1.82, 2.24) is 0 Å². The van der Waals surface area contributed by atoms with Crippen LogP contribution in [0.3, 0.4) is 0 Å². The average molecular weight is 265 g/mol. The summed E-state index contributed by atoms with van der Waals surface area (Å²) in [5, 5.41) is 0. The van der Waals surface area contributed by atoms with Gasteiger partial charge in [0, 0.05) is 42.1 Å². The number of nitroso groups, excluding NO2 is 1. The van der Waals surface area contributed by atoms with Gasteiger partial charge in [0.05, 0.1) is 0 Å². The quantitative estimate of drug-likeness (QED) is 0.665. The lowest BCUT2D eigenvalue weighted by atomic mass is 9.76. The van der Waals surface area contributed by atoms with Crippen molar-refractivity contribution in [2.24, 2.45) is 5.73 Å². The van der Waals surface area contributed by atoms with E-state index in [0.717, 1.165) is 10.3 Å².